The molecule has 0 aliphatic heterocycles. The van der Waals surface area contributed by atoms with Crippen molar-refractivity contribution >= 4 is 10.0 Å². The smallest absolute Gasteiger partial charge is 0.212 e. The van der Waals surface area contributed by atoms with E-state index in [2.05, 4.69) is 6.58 Å². The van der Waals surface area contributed by atoms with Crippen LogP contribution in [0.25, 0.3) is 0 Å². The van der Waals surface area contributed by atoms with Gasteiger partial charge in [0.25, 0.3) is 0 Å². The van der Waals surface area contributed by atoms with Gasteiger partial charge in [0, 0.05) is 0 Å². The summed E-state index contributed by atoms with van der Waals surface area (Å²) in [5.74, 6) is 0.393. The Kier molecular flexibility index (Phi) is 3.14. The van der Waals surface area contributed by atoms with Crippen LogP contribution in [-0.4, -0.2) is 13.7 Å². The standard InChI is InChI=1S/C9H17NO2S/c1-3-4-7(2)9(8-5-6-8)13(10,11)12/h3,7-9H,1,4-6H2,2H3,(H2,10,11,12)/t7-,9-/m0/s1. The Morgan fingerprint density at radius 2 is 2.15 bits per heavy atom. The molecule has 2 atom stereocenters. The summed E-state index contributed by atoms with van der Waals surface area (Å²) in [6.07, 6.45) is 4.48. The van der Waals surface area contributed by atoms with E-state index in [0.717, 1.165) is 19.3 Å². The fourth-order valence-corrected chi connectivity index (χ4v) is 3.45. The molecule has 1 rings (SSSR count). The molecule has 0 saturated heterocycles. The molecule has 0 aromatic carbocycles. The van der Waals surface area contributed by atoms with Gasteiger partial charge in [-0.3, -0.25) is 0 Å². The Hall–Kier alpha value is -0.350. The van der Waals surface area contributed by atoms with Crippen LogP contribution in [0.5, 0.6) is 0 Å². The van der Waals surface area contributed by atoms with E-state index < -0.39 is 10.0 Å². The minimum atomic E-state index is -3.37. The fourth-order valence-electron chi connectivity index (χ4n) is 1.88. The highest BCUT2D eigenvalue weighted by Gasteiger charge is 2.41. The maximum Gasteiger partial charge on any atom is 0.212 e. The first kappa shape index (κ1) is 10.7. The van der Waals surface area contributed by atoms with Gasteiger partial charge in [0.15, 0.2) is 0 Å². The lowest BCUT2D eigenvalue weighted by molar-refractivity contribution is 0.478. The molecule has 13 heavy (non-hydrogen) atoms. The van der Waals surface area contributed by atoms with Crippen LogP contribution in [0.2, 0.25) is 0 Å². The molecule has 1 aliphatic rings. The van der Waals surface area contributed by atoms with Crippen LogP contribution in [-0.2, 0) is 10.0 Å². The van der Waals surface area contributed by atoms with Crippen molar-refractivity contribution in [2.45, 2.75) is 31.4 Å². The van der Waals surface area contributed by atoms with Crippen molar-refractivity contribution in [1.82, 2.24) is 0 Å². The summed E-state index contributed by atoms with van der Waals surface area (Å²) in [4.78, 5) is 0. The van der Waals surface area contributed by atoms with Crippen LogP contribution in [0.4, 0.5) is 0 Å². The van der Waals surface area contributed by atoms with Gasteiger partial charge in [0.2, 0.25) is 10.0 Å². The minimum Gasteiger partial charge on any atom is -0.228 e. The highest BCUT2D eigenvalue weighted by Crippen LogP contribution is 2.39. The molecular weight excluding hydrogens is 186 g/mol. The summed E-state index contributed by atoms with van der Waals surface area (Å²) in [6.45, 7) is 5.53. The minimum absolute atomic E-state index is 0.0972. The Morgan fingerprint density at radius 3 is 2.46 bits per heavy atom. The van der Waals surface area contributed by atoms with Crippen molar-refractivity contribution in [2.24, 2.45) is 17.0 Å². The number of hydrogen-bond donors (Lipinski definition) is 1. The number of primary sulfonamides is 1. The van der Waals surface area contributed by atoms with E-state index in [1.807, 2.05) is 6.92 Å². The molecule has 0 unspecified atom stereocenters. The number of rotatable bonds is 5. The SMILES string of the molecule is C=CC[C@H](C)[C@@H](C1CC1)S(N)(=O)=O. The molecule has 0 spiro atoms. The van der Waals surface area contributed by atoms with E-state index in [4.69, 9.17) is 5.14 Å². The van der Waals surface area contributed by atoms with Crippen LogP contribution in [0, 0.1) is 11.8 Å². The van der Waals surface area contributed by atoms with Crippen LogP contribution < -0.4 is 5.14 Å². The maximum absolute atomic E-state index is 11.3. The number of hydrogen-bond acceptors (Lipinski definition) is 2. The Balaban J connectivity index is 2.72. The first-order valence-corrected chi connectivity index (χ1v) is 6.20. The quantitative estimate of drug-likeness (QED) is 0.684. The third-order valence-electron chi connectivity index (χ3n) is 2.57. The predicted molar refractivity (Wildman–Crippen MR) is 53.6 cm³/mol. The van der Waals surface area contributed by atoms with E-state index in [0.29, 0.717) is 5.92 Å². The average Bonchev–Trinajstić information content (AvgIpc) is 2.68. The lowest BCUT2D eigenvalue weighted by atomic mass is 10.0. The van der Waals surface area contributed by atoms with Crippen molar-refractivity contribution in [1.29, 1.82) is 0 Å². The van der Waals surface area contributed by atoms with Crippen molar-refractivity contribution in [3.8, 4) is 0 Å². The molecule has 1 aliphatic carbocycles. The van der Waals surface area contributed by atoms with Crippen LogP contribution in [0.15, 0.2) is 12.7 Å². The topological polar surface area (TPSA) is 60.2 Å². The second-order valence-corrected chi connectivity index (χ2v) is 5.62. The monoisotopic (exact) mass is 203 g/mol. The third kappa shape index (κ3) is 2.81. The van der Waals surface area contributed by atoms with Crippen molar-refractivity contribution in [2.75, 3.05) is 0 Å². The molecule has 76 valence electrons. The van der Waals surface area contributed by atoms with E-state index in [1.165, 1.54) is 0 Å². The van der Waals surface area contributed by atoms with Gasteiger partial charge in [0.1, 0.15) is 0 Å². The van der Waals surface area contributed by atoms with Crippen LogP contribution in [0.1, 0.15) is 26.2 Å². The zero-order valence-corrected chi connectivity index (χ0v) is 8.76. The number of nitrogens with two attached hydrogens (primary N) is 1. The van der Waals surface area contributed by atoms with Crippen molar-refractivity contribution < 1.29 is 8.42 Å². The van der Waals surface area contributed by atoms with Gasteiger partial charge in [-0.1, -0.05) is 13.0 Å². The normalized spacial score (nSPS) is 22.3. The Labute approximate surface area is 80.1 Å². The summed E-state index contributed by atoms with van der Waals surface area (Å²) in [7, 11) is -3.37. The van der Waals surface area contributed by atoms with Gasteiger partial charge in [-0.15, -0.1) is 6.58 Å². The predicted octanol–water partition coefficient (Wildman–Crippen LogP) is 1.27. The highest BCUT2D eigenvalue weighted by atomic mass is 32.2. The molecule has 2 N–H and O–H groups in total. The molecule has 1 fully saturated rings. The molecule has 0 aromatic rings. The second kappa shape index (κ2) is 3.80. The first-order chi connectivity index (χ1) is 5.96. The maximum atomic E-state index is 11.3. The van der Waals surface area contributed by atoms with Gasteiger partial charge in [-0.05, 0) is 31.1 Å². The van der Waals surface area contributed by atoms with E-state index in [-0.39, 0.29) is 11.2 Å². The van der Waals surface area contributed by atoms with E-state index >= 15 is 0 Å². The summed E-state index contributed by atoms with van der Waals surface area (Å²) < 4.78 is 22.5. The van der Waals surface area contributed by atoms with E-state index in [9.17, 15) is 8.42 Å². The molecule has 0 bridgehead atoms. The molecule has 0 heterocycles. The molecule has 3 nitrogen and oxygen atoms in total. The largest absolute Gasteiger partial charge is 0.228 e. The zero-order valence-electron chi connectivity index (χ0n) is 7.94. The number of allylic oxidation sites excluding steroid dienone is 1. The summed E-state index contributed by atoms with van der Waals surface area (Å²) in [6, 6.07) is 0. The molecule has 0 radical (unpaired) electrons. The lowest BCUT2D eigenvalue weighted by Crippen LogP contribution is -2.35. The molecule has 4 heteroatoms. The summed E-state index contributed by atoms with van der Waals surface area (Å²) in [5.41, 5.74) is 0. The summed E-state index contributed by atoms with van der Waals surface area (Å²) >= 11 is 0. The van der Waals surface area contributed by atoms with Crippen molar-refractivity contribution in [3.63, 3.8) is 0 Å². The average molecular weight is 203 g/mol. The molecule has 1 saturated carbocycles. The molecule has 0 aromatic heterocycles. The highest BCUT2D eigenvalue weighted by molar-refractivity contribution is 7.89. The number of sulfonamides is 1. The zero-order chi connectivity index (χ0) is 10.1. The van der Waals surface area contributed by atoms with E-state index in [1.54, 1.807) is 6.08 Å². The van der Waals surface area contributed by atoms with Gasteiger partial charge < -0.3 is 0 Å². The van der Waals surface area contributed by atoms with Gasteiger partial charge >= 0.3 is 0 Å². The van der Waals surface area contributed by atoms with Crippen LogP contribution >= 0.6 is 0 Å². The van der Waals surface area contributed by atoms with Gasteiger partial charge in [-0.25, -0.2) is 13.6 Å². The Morgan fingerprint density at radius 1 is 1.62 bits per heavy atom. The fraction of sp³-hybridized carbons (Fsp3) is 0.778. The molecule has 0 amide bonds. The summed E-state index contributed by atoms with van der Waals surface area (Å²) in [5, 5.41) is 4.83. The second-order valence-electron chi connectivity index (χ2n) is 3.89. The van der Waals surface area contributed by atoms with Gasteiger partial charge in [0.05, 0.1) is 5.25 Å². The lowest BCUT2D eigenvalue weighted by Gasteiger charge is -2.20. The Bertz CT molecular complexity index is 280. The third-order valence-corrected chi connectivity index (χ3v) is 4.17. The first-order valence-electron chi connectivity index (χ1n) is 4.59. The molecular formula is C9H17NO2S. The van der Waals surface area contributed by atoms with Crippen molar-refractivity contribution in [3.05, 3.63) is 12.7 Å². The van der Waals surface area contributed by atoms with Gasteiger partial charge in [-0.2, -0.15) is 0 Å². The van der Waals surface area contributed by atoms with Crippen LogP contribution in [0.3, 0.4) is 0 Å².